The second-order valence-corrected chi connectivity index (χ2v) is 6.19. The summed E-state index contributed by atoms with van der Waals surface area (Å²) < 4.78 is 28.0. The topological polar surface area (TPSA) is 76.9 Å². The summed E-state index contributed by atoms with van der Waals surface area (Å²) in [5.74, 6) is 0. The normalized spacial score (nSPS) is 11.6. The molecule has 0 spiro atoms. The molecule has 19 heavy (non-hydrogen) atoms. The number of sulfonamides is 1. The highest BCUT2D eigenvalue weighted by Crippen LogP contribution is 2.24. The van der Waals surface area contributed by atoms with Gasteiger partial charge in [-0.3, -0.25) is 9.40 Å². The SMILES string of the molecule is Cc1nc(Cl)ccc1NS(=O)(=O)c1c(Cl)cnn1C. The van der Waals surface area contributed by atoms with Crippen molar-refractivity contribution in [3.63, 3.8) is 0 Å². The van der Waals surface area contributed by atoms with Crippen molar-refractivity contribution in [2.24, 2.45) is 7.05 Å². The molecule has 0 aliphatic rings. The first-order valence-electron chi connectivity index (χ1n) is 5.15. The summed E-state index contributed by atoms with van der Waals surface area (Å²) in [5.41, 5.74) is 0.802. The van der Waals surface area contributed by atoms with Crippen LogP contribution in [0.5, 0.6) is 0 Å². The van der Waals surface area contributed by atoms with Gasteiger partial charge in [-0.1, -0.05) is 23.2 Å². The first-order valence-corrected chi connectivity index (χ1v) is 7.38. The molecule has 0 aliphatic heterocycles. The maximum absolute atomic E-state index is 12.2. The zero-order valence-electron chi connectivity index (χ0n) is 10.1. The molecule has 2 rings (SSSR count). The zero-order valence-corrected chi connectivity index (χ0v) is 12.4. The number of hydrogen-bond acceptors (Lipinski definition) is 4. The fraction of sp³-hybridized carbons (Fsp3) is 0.200. The van der Waals surface area contributed by atoms with E-state index in [1.165, 1.54) is 30.1 Å². The number of nitrogens with one attached hydrogen (secondary N) is 1. The Hall–Kier alpha value is -1.31. The molecule has 6 nitrogen and oxygen atoms in total. The van der Waals surface area contributed by atoms with Gasteiger partial charge in [0.2, 0.25) is 0 Å². The second-order valence-electron chi connectivity index (χ2n) is 3.79. The minimum absolute atomic E-state index is 0.0505. The van der Waals surface area contributed by atoms with Crippen LogP contribution in [0.2, 0.25) is 10.2 Å². The fourth-order valence-corrected chi connectivity index (χ4v) is 3.50. The number of anilines is 1. The Bertz CT molecular complexity index is 708. The van der Waals surface area contributed by atoms with Crippen molar-refractivity contribution in [1.82, 2.24) is 14.8 Å². The lowest BCUT2D eigenvalue weighted by molar-refractivity contribution is 0.582. The maximum Gasteiger partial charge on any atom is 0.280 e. The molecule has 2 heterocycles. The van der Waals surface area contributed by atoms with E-state index in [9.17, 15) is 8.42 Å². The number of aromatic nitrogens is 3. The summed E-state index contributed by atoms with van der Waals surface area (Å²) in [6.07, 6.45) is 1.27. The third-order valence-corrected chi connectivity index (χ3v) is 4.47. The van der Waals surface area contributed by atoms with Gasteiger partial charge in [-0.2, -0.15) is 13.5 Å². The smallest absolute Gasteiger partial charge is 0.276 e. The van der Waals surface area contributed by atoms with Gasteiger partial charge in [0, 0.05) is 7.05 Å². The van der Waals surface area contributed by atoms with E-state index in [-0.39, 0.29) is 10.0 Å². The second kappa shape index (κ2) is 4.99. The molecule has 0 saturated carbocycles. The van der Waals surface area contributed by atoms with E-state index in [1.54, 1.807) is 6.92 Å². The number of pyridine rings is 1. The van der Waals surface area contributed by atoms with E-state index in [0.717, 1.165) is 0 Å². The number of aryl methyl sites for hydroxylation is 2. The first-order chi connectivity index (χ1) is 8.81. The molecule has 2 aromatic heterocycles. The molecule has 0 aliphatic carbocycles. The molecule has 0 bridgehead atoms. The number of hydrogen-bond donors (Lipinski definition) is 1. The molecule has 0 aromatic carbocycles. The molecule has 0 atom stereocenters. The summed E-state index contributed by atoms with van der Waals surface area (Å²) in [6.45, 7) is 1.65. The van der Waals surface area contributed by atoms with Gasteiger partial charge in [0.1, 0.15) is 5.15 Å². The van der Waals surface area contributed by atoms with Crippen molar-refractivity contribution in [2.45, 2.75) is 11.9 Å². The van der Waals surface area contributed by atoms with Crippen LogP contribution in [0.25, 0.3) is 0 Å². The van der Waals surface area contributed by atoms with Crippen LogP contribution in [0, 0.1) is 6.92 Å². The molecule has 0 unspecified atom stereocenters. The largest absolute Gasteiger partial charge is 0.280 e. The van der Waals surface area contributed by atoms with E-state index >= 15 is 0 Å². The lowest BCUT2D eigenvalue weighted by atomic mass is 10.3. The molecule has 0 amide bonds. The predicted molar refractivity (Wildman–Crippen MR) is 73.0 cm³/mol. The van der Waals surface area contributed by atoms with Crippen LogP contribution >= 0.6 is 23.2 Å². The fourth-order valence-electron chi connectivity index (χ4n) is 1.53. The highest BCUT2D eigenvalue weighted by molar-refractivity contribution is 7.92. The molecule has 1 N–H and O–H groups in total. The van der Waals surface area contributed by atoms with Gasteiger partial charge in [0.25, 0.3) is 10.0 Å². The third kappa shape index (κ3) is 2.83. The summed E-state index contributed by atoms with van der Waals surface area (Å²) in [7, 11) is -2.34. The highest BCUT2D eigenvalue weighted by atomic mass is 35.5. The van der Waals surface area contributed by atoms with Crippen molar-refractivity contribution in [3.05, 3.63) is 34.2 Å². The Morgan fingerprint density at radius 2 is 2.00 bits per heavy atom. The number of nitrogens with zero attached hydrogens (tertiary/aromatic N) is 3. The Morgan fingerprint density at radius 3 is 2.53 bits per heavy atom. The average Bonchev–Trinajstić information content (AvgIpc) is 2.63. The van der Waals surface area contributed by atoms with E-state index in [2.05, 4.69) is 14.8 Å². The van der Waals surface area contributed by atoms with Crippen molar-refractivity contribution >= 4 is 38.9 Å². The summed E-state index contributed by atoms with van der Waals surface area (Å²) in [6, 6.07) is 3.03. The molecule has 2 aromatic rings. The molecule has 0 fully saturated rings. The Balaban J connectivity index is 2.42. The van der Waals surface area contributed by atoms with E-state index in [1.807, 2.05) is 0 Å². The molecule has 9 heteroatoms. The van der Waals surface area contributed by atoms with Gasteiger partial charge in [0.05, 0.1) is 22.6 Å². The van der Waals surface area contributed by atoms with Crippen LogP contribution in [-0.2, 0) is 17.1 Å². The maximum atomic E-state index is 12.2. The summed E-state index contributed by atoms with van der Waals surface area (Å²) in [5, 5.41) is 4.02. The minimum atomic E-state index is -3.83. The first kappa shape index (κ1) is 14.1. The van der Waals surface area contributed by atoms with Gasteiger partial charge in [-0.25, -0.2) is 4.98 Å². The molecule has 0 radical (unpaired) electrons. The van der Waals surface area contributed by atoms with E-state index < -0.39 is 10.0 Å². The monoisotopic (exact) mass is 320 g/mol. The Labute approximate surface area is 120 Å². The van der Waals surface area contributed by atoms with E-state index in [4.69, 9.17) is 23.2 Å². The van der Waals surface area contributed by atoms with Crippen LogP contribution in [-0.4, -0.2) is 23.2 Å². The highest BCUT2D eigenvalue weighted by Gasteiger charge is 2.23. The number of rotatable bonds is 3. The Kier molecular flexibility index (Phi) is 3.71. The van der Waals surface area contributed by atoms with Crippen molar-refractivity contribution in [3.8, 4) is 0 Å². The molecule has 102 valence electrons. The van der Waals surface area contributed by atoms with E-state index in [0.29, 0.717) is 16.5 Å². The third-order valence-electron chi connectivity index (χ3n) is 2.39. The van der Waals surface area contributed by atoms with Gasteiger partial charge in [-0.05, 0) is 19.1 Å². The van der Waals surface area contributed by atoms with Crippen LogP contribution in [0.15, 0.2) is 23.4 Å². The molecule has 0 saturated heterocycles. The van der Waals surface area contributed by atoms with Gasteiger partial charge in [-0.15, -0.1) is 0 Å². The number of halogens is 2. The molecular weight excluding hydrogens is 311 g/mol. The van der Waals surface area contributed by atoms with Crippen molar-refractivity contribution in [1.29, 1.82) is 0 Å². The quantitative estimate of drug-likeness (QED) is 0.880. The van der Waals surface area contributed by atoms with Gasteiger partial charge >= 0.3 is 0 Å². The van der Waals surface area contributed by atoms with Crippen molar-refractivity contribution < 1.29 is 8.42 Å². The van der Waals surface area contributed by atoms with Gasteiger partial charge in [0.15, 0.2) is 5.03 Å². The molecular formula is C10H10Cl2N4O2S. The van der Waals surface area contributed by atoms with Crippen molar-refractivity contribution in [2.75, 3.05) is 4.72 Å². The zero-order chi connectivity index (χ0) is 14.2. The lowest BCUT2D eigenvalue weighted by Gasteiger charge is -2.10. The minimum Gasteiger partial charge on any atom is -0.276 e. The van der Waals surface area contributed by atoms with Crippen LogP contribution < -0.4 is 4.72 Å². The average molecular weight is 321 g/mol. The Morgan fingerprint density at radius 1 is 1.32 bits per heavy atom. The van der Waals surface area contributed by atoms with Gasteiger partial charge < -0.3 is 0 Å². The predicted octanol–water partition coefficient (Wildman–Crippen LogP) is 2.23. The summed E-state index contributed by atoms with van der Waals surface area (Å²) in [4.78, 5) is 3.97. The van der Waals surface area contributed by atoms with Crippen LogP contribution in [0.4, 0.5) is 5.69 Å². The van der Waals surface area contributed by atoms with Crippen LogP contribution in [0.1, 0.15) is 5.69 Å². The lowest BCUT2D eigenvalue weighted by Crippen LogP contribution is -2.18. The standard InChI is InChI=1S/C10H10Cl2N4O2S/c1-6-8(3-4-9(12)14-6)15-19(17,18)10-7(11)5-13-16(10)2/h3-5,15H,1-2H3. The summed E-state index contributed by atoms with van der Waals surface area (Å²) >= 11 is 11.5. The van der Waals surface area contributed by atoms with Crippen LogP contribution in [0.3, 0.4) is 0 Å².